The van der Waals surface area contributed by atoms with Crippen molar-refractivity contribution in [2.24, 2.45) is 5.92 Å². The minimum absolute atomic E-state index is 0.0719. The molecule has 0 aromatic heterocycles. The summed E-state index contributed by atoms with van der Waals surface area (Å²) < 4.78 is 35.3. The highest BCUT2D eigenvalue weighted by atomic mass is 32.2. The average Bonchev–Trinajstić information content (AvgIpc) is 3.44. The lowest BCUT2D eigenvalue weighted by molar-refractivity contribution is 0.172. The van der Waals surface area contributed by atoms with Crippen molar-refractivity contribution in [1.82, 2.24) is 4.90 Å². The van der Waals surface area contributed by atoms with Gasteiger partial charge in [-0.1, -0.05) is 54.6 Å². The van der Waals surface area contributed by atoms with E-state index in [0.29, 0.717) is 17.9 Å². The number of sulfonamides is 1. The molecule has 3 atom stereocenters. The Morgan fingerprint density at radius 1 is 1.00 bits per heavy atom. The van der Waals surface area contributed by atoms with E-state index in [2.05, 4.69) is 41.3 Å². The van der Waals surface area contributed by atoms with Crippen molar-refractivity contribution in [3.8, 4) is 5.75 Å². The average molecular weight is 503 g/mol. The normalized spacial score (nSPS) is 24.7. The summed E-state index contributed by atoms with van der Waals surface area (Å²) in [5.74, 6) is 0.404. The summed E-state index contributed by atoms with van der Waals surface area (Å²) in [4.78, 5) is 2.62. The number of fused-ring (bicyclic) bond motifs is 1. The van der Waals surface area contributed by atoms with E-state index in [9.17, 15) is 13.5 Å². The van der Waals surface area contributed by atoms with Crippen molar-refractivity contribution in [1.29, 1.82) is 0 Å². The maximum atomic E-state index is 14.2. The molecule has 2 aliphatic heterocycles. The summed E-state index contributed by atoms with van der Waals surface area (Å²) in [6.07, 6.45) is 3.68. The standard InChI is InChI=1S/C29H30N2O4S/c1-35-23-12-14-24(15-13-23)36(33,34)31-26-10-6-5-9-25(26)29-17-18-30(19-21-7-3-2-4-8-21)27(29)16-11-22(20-32)28(29)31/h2-10,12-16,22,28,32H,11,17-20H2,1H3/t22-,28-,29+/m0/s1. The highest BCUT2D eigenvalue weighted by molar-refractivity contribution is 7.92. The van der Waals surface area contributed by atoms with E-state index in [1.54, 1.807) is 35.7 Å². The molecule has 0 radical (unpaired) electrons. The van der Waals surface area contributed by atoms with Crippen molar-refractivity contribution in [2.45, 2.75) is 35.7 Å². The van der Waals surface area contributed by atoms with Crippen molar-refractivity contribution < 1.29 is 18.3 Å². The summed E-state index contributed by atoms with van der Waals surface area (Å²) in [5, 5.41) is 10.5. The first-order valence-electron chi connectivity index (χ1n) is 12.4. The Hall–Kier alpha value is -3.29. The van der Waals surface area contributed by atoms with E-state index in [-0.39, 0.29) is 17.4 Å². The Labute approximate surface area is 212 Å². The molecule has 7 heteroatoms. The number of anilines is 1. The molecule has 1 saturated heterocycles. The third-order valence-corrected chi connectivity index (χ3v) is 9.89. The number of rotatable bonds is 6. The first kappa shape index (κ1) is 23.1. The summed E-state index contributed by atoms with van der Waals surface area (Å²) in [6, 6.07) is 24.4. The molecule has 1 N–H and O–H groups in total. The van der Waals surface area contributed by atoms with Crippen molar-refractivity contribution in [3.05, 3.63) is 102 Å². The van der Waals surface area contributed by atoms with Crippen LogP contribution in [-0.4, -0.2) is 44.7 Å². The fourth-order valence-corrected chi connectivity index (χ4v) is 8.32. The minimum atomic E-state index is -3.89. The number of nitrogens with zero attached hydrogens (tertiary/aromatic N) is 2. The van der Waals surface area contributed by atoms with Gasteiger partial charge in [0, 0.05) is 31.3 Å². The summed E-state index contributed by atoms with van der Waals surface area (Å²) in [6.45, 7) is 1.54. The Morgan fingerprint density at radius 3 is 2.44 bits per heavy atom. The Kier molecular flexibility index (Phi) is 5.57. The maximum Gasteiger partial charge on any atom is 0.264 e. The van der Waals surface area contributed by atoms with Gasteiger partial charge in [-0.2, -0.15) is 0 Å². The fourth-order valence-electron chi connectivity index (χ4n) is 6.55. The van der Waals surface area contributed by atoms with Crippen LogP contribution in [0.25, 0.3) is 0 Å². The van der Waals surface area contributed by atoms with Crippen LogP contribution in [0.3, 0.4) is 0 Å². The molecule has 3 aromatic rings. The molecule has 6 rings (SSSR count). The smallest absolute Gasteiger partial charge is 0.264 e. The van der Waals surface area contributed by atoms with Crippen LogP contribution in [0.5, 0.6) is 5.75 Å². The molecule has 6 nitrogen and oxygen atoms in total. The molecule has 1 spiro atoms. The van der Waals surface area contributed by atoms with E-state index in [1.165, 1.54) is 11.3 Å². The van der Waals surface area contributed by atoms with Gasteiger partial charge in [-0.25, -0.2) is 8.42 Å². The van der Waals surface area contributed by atoms with Gasteiger partial charge in [-0.05, 0) is 54.3 Å². The number of benzene rings is 3. The molecule has 0 saturated carbocycles. The highest BCUT2D eigenvalue weighted by Crippen LogP contribution is 2.61. The number of hydrogen-bond donors (Lipinski definition) is 1. The highest BCUT2D eigenvalue weighted by Gasteiger charge is 2.63. The lowest BCUT2D eigenvalue weighted by Crippen LogP contribution is -2.54. The Balaban J connectivity index is 1.49. The van der Waals surface area contributed by atoms with Crippen LogP contribution in [0.1, 0.15) is 24.0 Å². The summed E-state index contributed by atoms with van der Waals surface area (Å²) >= 11 is 0. The molecule has 2 heterocycles. The molecule has 1 fully saturated rings. The van der Waals surface area contributed by atoms with Gasteiger partial charge in [0.15, 0.2) is 0 Å². The third-order valence-electron chi connectivity index (χ3n) is 8.08. The first-order chi connectivity index (χ1) is 17.5. The van der Waals surface area contributed by atoms with E-state index in [1.807, 2.05) is 24.3 Å². The van der Waals surface area contributed by atoms with E-state index in [4.69, 9.17) is 4.74 Å². The van der Waals surface area contributed by atoms with Crippen molar-refractivity contribution >= 4 is 15.7 Å². The van der Waals surface area contributed by atoms with Gasteiger partial charge in [0.2, 0.25) is 0 Å². The number of methoxy groups -OCH3 is 1. The second-order valence-corrected chi connectivity index (χ2v) is 11.6. The van der Waals surface area contributed by atoms with Crippen molar-refractivity contribution in [2.75, 3.05) is 24.6 Å². The molecule has 0 bridgehead atoms. The first-order valence-corrected chi connectivity index (χ1v) is 13.8. The van der Waals surface area contributed by atoms with Crippen LogP contribution in [0, 0.1) is 5.92 Å². The van der Waals surface area contributed by atoms with Crippen LogP contribution in [0.4, 0.5) is 5.69 Å². The summed E-state index contributed by atoms with van der Waals surface area (Å²) in [7, 11) is -2.33. The topological polar surface area (TPSA) is 70.1 Å². The number of aliphatic hydroxyl groups excluding tert-OH is 1. The zero-order valence-corrected chi connectivity index (χ0v) is 21.1. The van der Waals surface area contributed by atoms with Gasteiger partial charge in [0.25, 0.3) is 10.0 Å². The Bertz CT molecular complexity index is 1400. The number of likely N-dealkylation sites (tertiary alicyclic amines) is 1. The number of hydrogen-bond acceptors (Lipinski definition) is 5. The van der Waals surface area contributed by atoms with Gasteiger partial charge in [0.05, 0.1) is 29.1 Å². The van der Waals surface area contributed by atoms with Crippen LogP contribution in [0.2, 0.25) is 0 Å². The third kappa shape index (κ3) is 3.29. The van der Waals surface area contributed by atoms with Crippen LogP contribution in [-0.2, 0) is 22.0 Å². The quantitative estimate of drug-likeness (QED) is 0.544. The summed E-state index contributed by atoms with van der Waals surface area (Å²) in [5.41, 5.74) is 3.67. The van der Waals surface area contributed by atoms with Gasteiger partial charge in [-0.3, -0.25) is 4.31 Å². The second kappa shape index (κ2) is 8.68. The van der Waals surface area contributed by atoms with Gasteiger partial charge in [-0.15, -0.1) is 0 Å². The molecule has 3 aromatic carbocycles. The number of ether oxygens (including phenoxy) is 1. The molecule has 1 aliphatic carbocycles. The van der Waals surface area contributed by atoms with Gasteiger partial charge >= 0.3 is 0 Å². The van der Waals surface area contributed by atoms with E-state index >= 15 is 0 Å². The molecule has 0 unspecified atom stereocenters. The van der Waals surface area contributed by atoms with Crippen LogP contribution >= 0.6 is 0 Å². The largest absolute Gasteiger partial charge is 0.497 e. The van der Waals surface area contributed by atoms with Crippen molar-refractivity contribution in [3.63, 3.8) is 0 Å². The monoisotopic (exact) mass is 502 g/mol. The SMILES string of the molecule is COc1ccc(S(=O)(=O)N2c3ccccc3[C@]34CCN(Cc5ccccc5)C3=CC[C@@H](CO)[C@H]24)cc1. The second-order valence-electron chi connectivity index (χ2n) is 9.83. The molecule has 36 heavy (non-hydrogen) atoms. The van der Waals surface area contributed by atoms with E-state index in [0.717, 1.165) is 25.1 Å². The lowest BCUT2D eigenvalue weighted by Gasteiger charge is -2.44. The Morgan fingerprint density at radius 2 is 1.72 bits per heavy atom. The molecular formula is C29H30N2O4S. The maximum absolute atomic E-state index is 14.2. The predicted molar refractivity (Wildman–Crippen MR) is 139 cm³/mol. The fraction of sp³-hybridized carbons (Fsp3) is 0.310. The zero-order chi connectivity index (χ0) is 24.9. The molecule has 0 amide bonds. The molecule has 186 valence electrons. The van der Waals surface area contributed by atoms with Gasteiger partial charge in [0.1, 0.15) is 5.75 Å². The van der Waals surface area contributed by atoms with Crippen LogP contribution in [0.15, 0.2) is 95.5 Å². The van der Waals surface area contributed by atoms with Crippen LogP contribution < -0.4 is 9.04 Å². The number of allylic oxidation sites excluding steroid dienone is 1. The minimum Gasteiger partial charge on any atom is -0.497 e. The lowest BCUT2D eigenvalue weighted by atomic mass is 9.66. The zero-order valence-electron chi connectivity index (χ0n) is 20.2. The number of aliphatic hydroxyl groups is 1. The molecular weight excluding hydrogens is 472 g/mol. The van der Waals surface area contributed by atoms with E-state index < -0.39 is 21.5 Å². The predicted octanol–water partition coefficient (Wildman–Crippen LogP) is 4.31. The van der Waals surface area contributed by atoms with Gasteiger partial charge < -0.3 is 14.7 Å². The number of para-hydroxylation sites is 1. The molecule has 3 aliphatic rings.